The number of rotatable bonds is 5. The number of morpholine rings is 1. The lowest BCUT2D eigenvalue weighted by molar-refractivity contribution is -0.362. The van der Waals surface area contributed by atoms with Crippen LogP contribution in [0.4, 0.5) is 11.4 Å². The molecule has 14 heteroatoms. The number of aromatic amines is 2. The lowest BCUT2D eigenvalue weighted by Gasteiger charge is -2.30. The van der Waals surface area contributed by atoms with Gasteiger partial charge in [-0.3, -0.25) is 13.5 Å². The topological polar surface area (TPSA) is 138 Å². The van der Waals surface area contributed by atoms with Crippen molar-refractivity contribution in [3.05, 3.63) is 69.9 Å². The zero-order chi connectivity index (χ0) is 27.3. The zero-order valence-corrected chi connectivity index (χ0v) is 23.7. The van der Waals surface area contributed by atoms with Crippen LogP contribution < -0.4 is 32.2 Å². The summed E-state index contributed by atoms with van der Waals surface area (Å²) in [5.41, 5.74) is 3.47. The normalized spacial score (nSPS) is 17.4. The monoisotopic (exact) mass is 587 g/mol. The third-order valence-corrected chi connectivity index (χ3v) is 9.14. The molecule has 0 bridgehead atoms. The number of benzene rings is 1. The van der Waals surface area contributed by atoms with Crippen LogP contribution in [0.25, 0.3) is 17.2 Å². The number of aromatic nitrogens is 4. The third-order valence-electron chi connectivity index (χ3n) is 7.23. The third kappa shape index (κ3) is 4.89. The number of imidazole rings is 1. The fourth-order valence-corrected chi connectivity index (χ4v) is 6.31. The van der Waals surface area contributed by atoms with E-state index in [4.69, 9.17) is 4.74 Å². The number of aryl methyl sites for hydroxylation is 1. The van der Waals surface area contributed by atoms with Gasteiger partial charge in [-0.15, -0.1) is 0 Å². The van der Waals surface area contributed by atoms with Crippen LogP contribution in [0, 0.1) is 6.92 Å². The van der Waals surface area contributed by atoms with Crippen molar-refractivity contribution >= 4 is 27.2 Å². The molecule has 3 N–H and O–H groups in total. The fourth-order valence-electron chi connectivity index (χ4n) is 4.97. The smallest absolute Gasteiger partial charge is 0.307 e. The van der Waals surface area contributed by atoms with Gasteiger partial charge in [-0.25, -0.2) is 15.0 Å². The van der Waals surface area contributed by atoms with Crippen LogP contribution in [0.1, 0.15) is 16.8 Å². The Balaban J connectivity index is 0.00000323. The number of halogens is 1. The minimum atomic E-state index is -3.80. The Hall–Kier alpha value is -3.65. The molecule has 5 heterocycles. The number of hydrogen-bond acceptors (Lipinski definition) is 7. The molecule has 0 aliphatic carbocycles. The number of anilines is 2. The molecule has 2 aliphatic rings. The van der Waals surface area contributed by atoms with Crippen LogP contribution in [-0.2, 0) is 21.4 Å². The summed E-state index contributed by atoms with van der Waals surface area (Å²) in [6, 6.07) is 9.90. The molecular formula is C26H30ClN7O5S. The van der Waals surface area contributed by atoms with Gasteiger partial charge in [0.15, 0.2) is 5.65 Å². The molecule has 12 nitrogen and oxygen atoms in total. The minimum absolute atomic E-state index is 0. The predicted octanol–water partition coefficient (Wildman–Crippen LogP) is -2.05. The van der Waals surface area contributed by atoms with Crippen LogP contribution in [-0.4, -0.2) is 78.6 Å². The lowest BCUT2D eigenvalue weighted by Crippen LogP contribution is -3.00. The van der Waals surface area contributed by atoms with Crippen LogP contribution >= 0.6 is 0 Å². The van der Waals surface area contributed by atoms with E-state index in [9.17, 15) is 18.3 Å². The molecule has 212 valence electrons. The lowest BCUT2D eigenvalue weighted by atomic mass is 10.1. The van der Waals surface area contributed by atoms with Crippen LogP contribution in [0.3, 0.4) is 0 Å². The second-order valence-corrected chi connectivity index (χ2v) is 11.8. The van der Waals surface area contributed by atoms with E-state index in [0.29, 0.717) is 50.8 Å². The Morgan fingerprint density at radius 1 is 1.12 bits per heavy atom. The largest absolute Gasteiger partial charge is 1.00 e. The molecule has 2 fully saturated rings. The van der Waals surface area contributed by atoms with Gasteiger partial charge in [0.1, 0.15) is 11.9 Å². The first-order chi connectivity index (χ1) is 18.7. The van der Waals surface area contributed by atoms with Crippen molar-refractivity contribution in [1.29, 1.82) is 0 Å². The van der Waals surface area contributed by atoms with Gasteiger partial charge in [-0.05, 0) is 18.6 Å². The summed E-state index contributed by atoms with van der Waals surface area (Å²) in [6.45, 7) is 4.75. The molecule has 2 saturated heterocycles. The van der Waals surface area contributed by atoms with E-state index in [-0.39, 0.29) is 36.0 Å². The number of ether oxygens (including phenoxy) is 1. The first-order valence-electron chi connectivity index (χ1n) is 12.7. The molecule has 0 unspecified atom stereocenters. The highest BCUT2D eigenvalue weighted by Crippen LogP contribution is 2.33. The molecule has 40 heavy (non-hydrogen) atoms. The maximum Gasteiger partial charge on any atom is 0.307 e. The fraction of sp³-hybridized carbons (Fsp3) is 0.346. The standard InChI is InChI=1S/C26H29N7O5S.ClH/c1-17-3-5-18(6-4-17)13-19-15-27-24(28-19)22-23(34)26(35)32-16-20(31-9-11-38-12-10-31)14-21(25(32)29-22)33-8-7-30(2)39(33,36)37;/h3-6,14-16,34H,7-13H2,1-2H3,(H,27,28);1H. The second-order valence-electron chi connectivity index (χ2n) is 9.87. The first-order valence-corrected chi connectivity index (χ1v) is 14.1. The van der Waals surface area contributed by atoms with Crippen molar-refractivity contribution in [2.45, 2.75) is 13.3 Å². The summed E-state index contributed by atoms with van der Waals surface area (Å²) in [7, 11) is -2.28. The number of aromatic hydroxyl groups is 1. The maximum atomic E-state index is 13.5. The molecule has 1 aromatic carbocycles. The van der Waals surface area contributed by atoms with Crippen LogP contribution in [0.2, 0.25) is 0 Å². The molecule has 3 aromatic heterocycles. The highest BCUT2D eigenvalue weighted by Gasteiger charge is 2.36. The van der Waals surface area contributed by atoms with E-state index >= 15 is 0 Å². The van der Waals surface area contributed by atoms with Gasteiger partial charge in [0.05, 0.1) is 24.6 Å². The van der Waals surface area contributed by atoms with Gasteiger partial charge >= 0.3 is 21.6 Å². The van der Waals surface area contributed by atoms with Crippen molar-refractivity contribution in [1.82, 2.24) is 18.7 Å². The maximum absolute atomic E-state index is 13.5. The average molecular weight is 588 g/mol. The SMILES string of the molecule is Cc1ccc(Cc2c[nH+]c(-c3nc4c(N5CCN(C)S5(=O)=O)cc(N5CCOCC5)cn4c(=O)c3O)[nH]2)cc1.[Cl-]. The van der Waals surface area contributed by atoms with Crippen molar-refractivity contribution in [3.8, 4) is 17.3 Å². The van der Waals surface area contributed by atoms with Crippen molar-refractivity contribution in [2.75, 3.05) is 55.6 Å². The predicted molar refractivity (Wildman–Crippen MR) is 145 cm³/mol. The van der Waals surface area contributed by atoms with Crippen molar-refractivity contribution in [2.24, 2.45) is 0 Å². The van der Waals surface area contributed by atoms with E-state index in [1.54, 1.807) is 18.5 Å². The highest BCUT2D eigenvalue weighted by molar-refractivity contribution is 7.90. The quantitative estimate of drug-likeness (QED) is 0.274. The highest BCUT2D eigenvalue weighted by atomic mass is 35.5. The molecule has 0 atom stereocenters. The Morgan fingerprint density at radius 2 is 1.85 bits per heavy atom. The Labute approximate surface area is 237 Å². The number of fused-ring (bicyclic) bond motifs is 1. The van der Waals surface area contributed by atoms with Gasteiger partial charge in [-0.1, -0.05) is 29.8 Å². The zero-order valence-electron chi connectivity index (χ0n) is 22.1. The molecule has 0 radical (unpaired) electrons. The van der Waals surface area contributed by atoms with Crippen LogP contribution in [0.5, 0.6) is 5.75 Å². The first kappa shape index (κ1) is 27.9. The number of pyridine rings is 1. The molecule has 0 saturated carbocycles. The van der Waals surface area contributed by atoms with E-state index in [1.807, 2.05) is 36.1 Å². The second kappa shape index (κ2) is 10.7. The number of likely N-dealkylation sites (N-methyl/N-ethyl adjacent to an activating group) is 1. The number of nitrogens with zero attached hydrogens (tertiary/aromatic N) is 5. The number of H-pyrrole nitrogens is 2. The van der Waals surface area contributed by atoms with Gasteiger partial charge in [0, 0.05) is 45.8 Å². The van der Waals surface area contributed by atoms with Gasteiger partial charge in [-0.2, -0.15) is 12.7 Å². The van der Waals surface area contributed by atoms with E-state index in [1.165, 1.54) is 25.6 Å². The number of nitrogens with one attached hydrogen (secondary N) is 2. The average Bonchev–Trinajstić information content (AvgIpc) is 3.50. The molecule has 0 amide bonds. The summed E-state index contributed by atoms with van der Waals surface area (Å²) in [5, 5.41) is 11.0. The Morgan fingerprint density at radius 3 is 2.52 bits per heavy atom. The van der Waals surface area contributed by atoms with Gasteiger partial charge in [0.25, 0.3) is 0 Å². The van der Waals surface area contributed by atoms with Gasteiger partial charge < -0.3 is 27.2 Å². The van der Waals surface area contributed by atoms with Crippen molar-refractivity contribution in [3.63, 3.8) is 0 Å². The molecule has 2 aliphatic heterocycles. The Bertz CT molecular complexity index is 1720. The van der Waals surface area contributed by atoms with Crippen molar-refractivity contribution < 1.29 is 35.7 Å². The summed E-state index contributed by atoms with van der Waals surface area (Å²) in [4.78, 5) is 26.5. The summed E-state index contributed by atoms with van der Waals surface area (Å²) < 4.78 is 35.6. The Kier molecular flexibility index (Phi) is 7.48. The van der Waals surface area contributed by atoms with E-state index < -0.39 is 21.5 Å². The molecule has 0 spiro atoms. The molecule has 4 aromatic rings. The number of hydrogen-bond donors (Lipinski definition) is 2. The van der Waals surface area contributed by atoms with Gasteiger partial charge in [0.2, 0.25) is 11.4 Å². The summed E-state index contributed by atoms with van der Waals surface area (Å²) in [5.74, 6) is -0.197. The molecular weight excluding hydrogens is 558 g/mol. The molecule has 6 rings (SSSR count). The van der Waals surface area contributed by atoms with E-state index in [0.717, 1.165) is 11.3 Å². The summed E-state index contributed by atoms with van der Waals surface area (Å²) in [6.07, 6.45) is 3.97. The van der Waals surface area contributed by atoms with E-state index in [2.05, 4.69) is 15.0 Å². The minimum Gasteiger partial charge on any atom is -1.00 e. The van der Waals surface area contributed by atoms with Crippen LogP contribution in [0.15, 0.2) is 47.5 Å². The summed E-state index contributed by atoms with van der Waals surface area (Å²) >= 11 is 0.